The third-order valence-electron chi connectivity index (χ3n) is 4.46. The van der Waals surface area contributed by atoms with Gasteiger partial charge in [-0.1, -0.05) is 6.07 Å². The van der Waals surface area contributed by atoms with Gasteiger partial charge in [-0.05, 0) is 40.5 Å². The number of rotatable bonds is 4. The van der Waals surface area contributed by atoms with E-state index in [1.54, 1.807) is 30.5 Å². The molecule has 1 fully saturated rings. The Balaban J connectivity index is 1.71. The molecule has 0 radical (unpaired) electrons. The van der Waals surface area contributed by atoms with E-state index >= 15 is 0 Å². The average Bonchev–Trinajstić information content (AvgIpc) is 2.92. The second kappa shape index (κ2) is 8.89. The molecule has 0 saturated carbocycles. The summed E-state index contributed by atoms with van der Waals surface area (Å²) >= 11 is 3.28. The maximum absolute atomic E-state index is 12.7. The second-order valence-corrected chi connectivity index (χ2v) is 7.53. The van der Waals surface area contributed by atoms with Crippen molar-refractivity contribution in [2.24, 2.45) is 0 Å². The molecule has 0 unspecified atom stereocenters. The molecular formula is C19H18BrF3N4O2. The number of anilines is 1. The standard InChI is InChI=1S/C19H18BrF3N4O2/c20-14-9-13(11-24-12-14)18(29)15-3-1-4-16(25-15)26-5-2-6-27(8-7-26)17(28)10-19(21,22)23/h1,3-4,9,11-12H,2,5-8,10H2. The first kappa shape index (κ1) is 21.2. The quantitative estimate of drug-likeness (QED) is 0.640. The van der Waals surface area contributed by atoms with Gasteiger partial charge in [0.15, 0.2) is 0 Å². The van der Waals surface area contributed by atoms with Gasteiger partial charge in [-0.3, -0.25) is 14.6 Å². The number of aromatic nitrogens is 2. The van der Waals surface area contributed by atoms with E-state index < -0.39 is 18.5 Å². The first-order valence-electron chi connectivity index (χ1n) is 8.95. The predicted octanol–water partition coefficient (Wildman–Crippen LogP) is 3.46. The van der Waals surface area contributed by atoms with E-state index in [0.29, 0.717) is 35.4 Å². The van der Waals surface area contributed by atoms with Crippen LogP contribution in [0.1, 0.15) is 28.9 Å². The number of hydrogen-bond donors (Lipinski definition) is 0. The molecule has 154 valence electrons. The van der Waals surface area contributed by atoms with E-state index in [1.807, 2.05) is 4.90 Å². The van der Waals surface area contributed by atoms with Gasteiger partial charge in [0.25, 0.3) is 0 Å². The predicted molar refractivity (Wildman–Crippen MR) is 104 cm³/mol. The summed E-state index contributed by atoms with van der Waals surface area (Å²) < 4.78 is 38.1. The Kier molecular flexibility index (Phi) is 6.51. The normalized spacial score (nSPS) is 15.2. The lowest BCUT2D eigenvalue weighted by Crippen LogP contribution is -2.37. The van der Waals surface area contributed by atoms with Crippen LogP contribution in [0.2, 0.25) is 0 Å². The van der Waals surface area contributed by atoms with Crippen molar-refractivity contribution in [2.75, 3.05) is 31.1 Å². The van der Waals surface area contributed by atoms with Crippen LogP contribution in [0.25, 0.3) is 0 Å². The van der Waals surface area contributed by atoms with Gasteiger partial charge < -0.3 is 9.80 Å². The van der Waals surface area contributed by atoms with Crippen LogP contribution in [0, 0.1) is 0 Å². The van der Waals surface area contributed by atoms with Crippen molar-refractivity contribution in [2.45, 2.75) is 19.0 Å². The number of pyridine rings is 2. The second-order valence-electron chi connectivity index (χ2n) is 6.62. The van der Waals surface area contributed by atoms with E-state index in [4.69, 9.17) is 0 Å². The first-order valence-corrected chi connectivity index (χ1v) is 9.74. The third-order valence-corrected chi connectivity index (χ3v) is 4.89. The molecule has 1 aliphatic rings. The number of ketones is 1. The van der Waals surface area contributed by atoms with Gasteiger partial charge in [-0.2, -0.15) is 13.2 Å². The highest BCUT2D eigenvalue weighted by atomic mass is 79.9. The number of amides is 1. The summed E-state index contributed by atoms with van der Waals surface area (Å²) in [5, 5.41) is 0. The highest BCUT2D eigenvalue weighted by molar-refractivity contribution is 9.10. The fraction of sp³-hybridized carbons (Fsp3) is 0.368. The minimum Gasteiger partial charge on any atom is -0.355 e. The van der Waals surface area contributed by atoms with E-state index in [0.717, 1.165) is 0 Å². The minimum atomic E-state index is -4.51. The summed E-state index contributed by atoms with van der Waals surface area (Å²) in [6.07, 6.45) is -2.42. The van der Waals surface area contributed by atoms with Crippen molar-refractivity contribution < 1.29 is 22.8 Å². The van der Waals surface area contributed by atoms with Crippen LogP contribution >= 0.6 is 15.9 Å². The molecule has 0 aliphatic carbocycles. The Morgan fingerprint density at radius 2 is 1.90 bits per heavy atom. The van der Waals surface area contributed by atoms with Crippen molar-refractivity contribution in [1.29, 1.82) is 0 Å². The van der Waals surface area contributed by atoms with Crippen LogP contribution in [0.5, 0.6) is 0 Å². The summed E-state index contributed by atoms with van der Waals surface area (Å²) in [6.45, 7) is 1.30. The largest absolute Gasteiger partial charge is 0.397 e. The molecular weight excluding hydrogens is 453 g/mol. The molecule has 1 amide bonds. The molecule has 1 saturated heterocycles. The molecule has 0 N–H and O–H groups in total. The van der Waals surface area contributed by atoms with Gasteiger partial charge >= 0.3 is 6.18 Å². The highest BCUT2D eigenvalue weighted by Crippen LogP contribution is 2.22. The SMILES string of the molecule is O=C(c1cncc(Br)c1)c1cccc(N2CCCN(C(=O)CC(F)(F)F)CC2)n1. The summed E-state index contributed by atoms with van der Waals surface area (Å²) in [4.78, 5) is 36.0. The number of carbonyl (C=O) groups excluding carboxylic acids is 2. The zero-order valence-electron chi connectivity index (χ0n) is 15.3. The lowest BCUT2D eigenvalue weighted by Gasteiger charge is -2.23. The molecule has 0 spiro atoms. The van der Waals surface area contributed by atoms with Gasteiger partial charge in [0.2, 0.25) is 11.7 Å². The van der Waals surface area contributed by atoms with E-state index in [9.17, 15) is 22.8 Å². The first-order chi connectivity index (χ1) is 13.7. The van der Waals surface area contributed by atoms with Crippen molar-refractivity contribution in [3.8, 4) is 0 Å². The molecule has 10 heteroatoms. The molecule has 0 bridgehead atoms. The molecule has 6 nitrogen and oxygen atoms in total. The van der Waals surface area contributed by atoms with Crippen LogP contribution < -0.4 is 4.90 Å². The lowest BCUT2D eigenvalue weighted by molar-refractivity contribution is -0.161. The Bertz CT molecular complexity index is 907. The van der Waals surface area contributed by atoms with Crippen molar-refractivity contribution in [3.63, 3.8) is 0 Å². The number of nitrogens with zero attached hydrogens (tertiary/aromatic N) is 4. The van der Waals surface area contributed by atoms with Crippen LogP contribution in [0.15, 0.2) is 41.1 Å². The van der Waals surface area contributed by atoms with Gasteiger partial charge in [0, 0.05) is 48.6 Å². The van der Waals surface area contributed by atoms with Crippen LogP contribution in [-0.2, 0) is 4.79 Å². The van der Waals surface area contributed by atoms with Crippen LogP contribution in [0.3, 0.4) is 0 Å². The van der Waals surface area contributed by atoms with E-state index in [2.05, 4.69) is 25.9 Å². The topological polar surface area (TPSA) is 66.4 Å². The zero-order valence-corrected chi connectivity index (χ0v) is 16.9. The monoisotopic (exact) mass is 470 g/mol. The van der Waals surface area contributed by atoms with Crippen LogP contribution in [-0.4, -0.2) is 58.9 Å². The number of carbonyl (C=O) groups is 2. The maximum atomic E-state index is 12.7. The van der Waals surface area contributed by atoms with E-state index in [-0.39, 0.29) is 24.6 Å². The van der Waals surface area contributed by atoms with Gasteiger partial charge in [-0.25, -0.2) is 4.98 Å². The molecule has 3 rings (SSSR count). The summed E-state index contributed by atoms with van der Waals surface area (Å²) in [6, 6.07) is 6.70. The zero-order chi connectivity index (χ0) is 21.0. The fourth-order valence-corrected chi connectivity index (χ4v) is 3.45. The average molecular weight is 471 g/mol. The Hall–Kier alpha value is -2.49. The van der Waals surface area contributed by atoms with Crippen molar-refractivity contribution >= 4 is 33.4 Å². The lowest BCUT2D eigenvalue weighted by atomic mass is 10.1. The van der Waals surface area contributed by atoms with Gasteiger partial charge in [0.05, 0.1) is 0 Å². The smallest absolute Gasteiger partial charge is 0.355 e. The number of hydrogen-bond acceptors (Lipinski definition) is 5. The fourth-order valence-electron chi connectivity index (χ4n) is 3.09. The summed E-state index contributed by atoms with van der Waals surface area (Å²) in [5.74, 6) is -0.653. The van der Waals surface area contributed by atoms with Crippen molar-refractivity contribution in [3.05, 3.63) is 52.4 Å². The highest BCUT2D eigenvalue weighted by Gasteiger charge is 2.34. The molecule has 2 aromatic rings. The summed E-state index contributed by atoms with van der Waals surface area (Å²) in [7, 11) is 0. The molecule has 0 atom stereocenters. The Morgan fingerprint density at radius 3 is 2.62 bits per heavy atom. The maximum Gasteiger partial charge on any atom is 0.397 e. The number of alkyl halides is 3. The van der Waals surface area contributed by atoms with Crippen LogP contribution in [0.4, 0.5) is 19.0 Å². The molecule has 1 aliphatic heterocycles. The minimum absolute atomic E-state index is 0.171. The summed E-state index contributed by atoms with van der Waals surface area (Å²) in [5.41, 5.74) is 0.639. The molecule has 3 heterocycles. The number of halogens is 4. The molecule has 0 aromatic carbocycles. The van der Waals surface area contributed by atoms with E-state index in [1.165, 1.54) is 11.1 Å². The molecule has 2 aromatic heterocycles. The van der Waals surface area contributed by atoms with Gasteiger partial charge in [0.1, 0.15) is 17.9 Å². The molecule has 29 heavy (non-hydrogen) atoms. The Morgan fingerprint density at radius 1 is 1.10 bits per heavy atom. The Labute approximate surface area is 173 Å². The van der Waals surface area contributed by atoms with Crippen molar-refractivity contribution in [1.82, 2.24) is 14.9 Å². The third kappa shape index (κ3) is 5.75. The van der Waals surface area contributed by atoms with Gasteiger partial charge in [-0.15, -0.1) is 0 Å².